The van der Waals surface area contributed by atoms with E-state index in [0.717, 1.165) is 23.3 Å². The van der Waals surface area contributed by atoms with Crippen LogP contribution in [0.4, 0.5) is 18.9 Å². The van der Waals surface area contributed by atoms with Gasteiger partial charge in [0, 0.05) is 11.3 Å². The lowest BCUT2D eigenvalue weighted by molar-refractivity contribution is -0.137. The van der Waals surface area contributed by atoms with Gasteiger partial charge in [0.25, 0.3) is 0 Å². The van der Waals surface area contributed by atoms with Crippen molar-refractivity contribution in [1.82, 2.24) is 10.1 Å². The summed E-state index contributed by atoms with van der Waals surface area (Å²) < 4.78 is 43.2. The summed E-state index contributed by atoms with van der Waals surface area (Å²) in [6.07, 6.45) is -4.72. The van der Waals surface area contributed by atoms with E-state index in [1.165, 1.54) is 12.1 Å². The molecule has 0 aliphatic rings. The molecule has 26 heavy (non-hydrogen) atoms. The minimum atomic E-state index is -4.48. The summed E-state index contributed by atoms with van der Waals surface area (Å²) in [7, 11) is 0. The van der Waals surface area contributed by atoms with E-state index in [1.54, 1.807) is 0 Å². The van der Waals surface area contributed by atoms with Gasteiger partial charge < -0.3 is 9.84 Å². The van der Waals surface area contributed by atoms with Crippen LogP contribution >= 0.6 is 0 Å². The van der Waals surface area contributed by atoms with E-state index in [2.05, 4.69) is 15.5 Å². The molecule has 3 aromatic rings. The molecule has 0 aliphatic heterocycles. The largest absolute Gasteiger partial charge is 0.416 e. The Hall–Kier alpha value is -3.16. The van der Waals surface area contributed by atoms with Gasteiger partial charge in [-0.1, -0.05) is 35.5 Å². The Morgan fingerprint density at radius 3 is 2.65 bits per heavy atom. The lowest BCUT2D eigenvalue weighted by Gasteiger charge is -2.09. The number of alkyl halides is 3. The first-order valence-corrected chi connectivity index (χ1v) is 7.68. The summed E-state index contributed by atoms with van der Waals surface area (Å²) in [6.45, 7) is 1.89. The number of hydrogen-bond acceptors (Lipinski definition) is 4. The number of benzene rings is 2. The normalized spacial score (nSPS) is 11.4. The van der Waals surface area contributed by atoms with E-state index >= 15 is 0 Å². The smallest absolute Gasteiger partial charge is 0.338 e. The topological polar surface area (TPSA) is 68.0 Å². The number of nitrogens with one attached hydrogen (secondary N) is 1. The summed E-state index contributed by atoms with van der Waals surface area (Å²) in [5.74, 6) is -0.123. The van der Waals surface area contributed by atoms with Crippen LogP contribution in [0.15, 0.2) is 53.1 Å². The summed E-state index contributed by atoms with van der Waals surface area (Å²) in [6, 6.07) is 11.8. The third-order valence-corrected chi connectivity index (χ3v) is 3.64. The zero-order chi connectivity index (χ0) is 18.7. The average Bonchev–Trinajstić information content (AvgIpc) is 3.02. The summed E-state index contributed by atoms with van der Waals surface area (Å²) >= 11 is 0. The van der Waals surface area contributed by atoms with E-state index < -0.39 is 17.6 Å². The van der Waals surface area contributed by atoms with Crippen LogP contribution in [0.1, 0.15) is 17.0 Å². The van der Waals surface area contributed by atoms with Crippen molar-refractivity contribution in [3.63, 3.8) is 0 Å². The van der Waals surface area contributed by atoms with Gasteiger partial charge in [0.1, 0.15) is 6.42 Å². The molecule has 1 aromatic heterocycles. The number of halogens is 3. The molecule has 0 fully saturated rings. The fourth-order valence-corrected chi connectivity index (χ4v) is 2.38. The molecule has 0 bridgehead atoms. The van der Waals surface area contributed by atoms with E-state index in [9.17, 15) is 18.0 Å². The lowest BCUT2D eigenvalue weighted by Crippen LogP contribution is -2.15. The summed E-state index contributed by atoms with van der Waals surface area (Å²) in [5, 5.41) is 6.24. The Morgan fingerprint density at radius 2 is 1.92 bits per heavy atom. The number of nitrogens with zero attached hydrogens (tertiary/aromatic N) is 2. The molecule has 1 amide bonds. The van der Waals surface area contributed by atoms with Crippen molar-refractivity contribution in [1.29, 1.82) is 0 Å². The molecule has 0 saturated heterocycles. The quantitative estimate of drug-likeness (QED) is 0.755. The number of rotatable bonds is 4. The van der Waals surface area contributed by atoms with Crippen LogP contribution in [0, 0.1) is 6.92 Å². The van der Waals surface area contributed by atoms with Gasteiger partial charge in [0.05, 0.1) is 5.56 Å². The van der Waals surface area contributed by atoms with Crippen LogP contribution < -0.4 is 5.32 Å². The number of amides is 1. The maximum atomic E-state index is 12.7. The van der Waals surface area contributed by atoms with Crippen molar-refractivity contribution < 1.29 is 22.5 Å². The fraction of sp³-hybridized carbons (Fsp3) is 0.167. The first-order valence-electron chi connectivity index (χ1n) is 7.68. The van der Waals surface area contributed by atoms with Gasteiger partial charge in [-0.05, 0) is 30.7 Å². The molecule has 2 aromatic carbocycles. The van der Waals surface area contributed by atoms with Gasteiger partial charge in [0.2, 0.25) is 17.6 Å². The molecule has 0 unspecified atom stereocenters. The van der Waals surface area contributed by atoms with Crippen LogP contribution in [0.2, 0.25) is 0 Å². The van der Waals surface area contributed by atoms with E-state index in [0.29, 0.717) is 5.82 Å². The molecule has 3 rings (SSSR count). The Morgan fingerprint density at radius 1 is 1.15 bits per heavy atom. The zero-order valence-corrected chi connectivity index (χ0v) is 13.7. The van der Waals surface area contributed by atoms with Gasteiger partial charge >= 0.3 is 6.18 Å². The maximum Gasteiger partial charge on any atom is 0.416 e. The van der Waals surface area contributed by atoms with E-state index in [1.807, 2.05) is 31.2 Å². The first-order chi connectivity index (χ1) is 12.3. The van der Waals surface area contributed by atoms with Crippen LogP contribution in [0.5, 0.6) is 0 Å². The van der Waals surface area contributed by atoms with Crippen LogP contribution in [-0.2, 0) is 17.4 Å². The maximum absolute atomic E-state index is 12.7. The van der Waals surface area contributed by atoms with Crippen LogP contribution in [0.3, 0.4) is 0 Å². The van der Waals surface area contributed by atoms with Gasteiger partial charge in [-0.15, -0.1) is 0 Å². The van der Waals surface area contributed by atoms with Crippen molar-refractivity contribution >= 4 is 11.6 Å². The molecule has 0 radical (unpaired) electrons. The monoisotopic (exact) mass is 361 g/mol. The van der Waals surface area contributed by atoms with Gasteiger partial charge in [0.15, 0.2) is 0 Å². The van der Waals surface area contributed by atoms with E-state index in [4.69, 9.17) is 4.52 Å². The third kappa shape index (κ3) is 4.08. The molecule has 8 heteroatoms. The second-order valence-electron chi connectivity index (χ2n) is 5.63. The SMILES string of the molecule is Cc1ccccc1-c1noc(CC(=O)Nc2cccc(C(F)(F)F)c2)n1. The predicted molar refractivity (Wildman–Crippen MR) is 88.2 cm³/mol. The average molecular weight is 361 g/mol. The molecule has 134 valence electrons. The Kier molecular flexibility index (Phi) is 4.75. The highest BCUT2D eigenvalue weighted by atomic mass is 19.4. The molecule has 1 heterocycles. The van der Waals surface area contributed by atoms with Gasteiger partial charge in [-0.3, -0.25) is 4.79 Å². The third-order valence-electron chi connectivity index (χ3n) is 3.64. The molecule has 5 nitrogen and oxygen atoms in total. The summed E-state index contributed by atoms with van der Waals surface area (Å²) in [5.41, 5.74) is 0.937. The van der Waals surface area contributed by atoms with Crippen LogP contribution in [0.25, 0.3) is 11.4 Å². The standard InChI is InChI=1S/C18H14F3N3O2/c1-11-5-2-3-8-14(11)17-23-16(26-24-17)10-15(25)22-13-7-4-6-12(9-13)18(19,20)21/h2-9H,10H2,1H3,(H,22,25). The molecule has 0 atom stereocenters. The second kappa shape index (κ2) is 6.99. The number of aromatic nitrogens is 2. The lowest BCUT2D eigenvalue weighted by atomic mass is 10.1. The minimum absolute atomic E-state index is 0.0449. The van der Waals surface area contributed by atoms with Crippen molar-refractivity contribution in [2.75, 3.05) is 5.32 Å². The van der Waals surface area contributed by atoms with Crippen molar-refractivity contribution in [3.05, 3.63) is 65.5 Å². The molecule has 1 N–H and O–H groups in total. The second-order valence-corrected chi connectivity index (χ2v) is 5.63. The molecule has 0 saturated carbocycles. The number of aryl methyl sites for hydroxylation is 1. The van der Waals surface area contributed by atoms with Crippen LogP contribution in [-0.4, -0.2) is 16.0 Å². The summed E-state index contributed by atoms with van der Waals surface area (Å²) in [4.78, 5) is 16.2. The molecule has 0 aliphatic carbocycles. The number of carbonyl (C=O) groups excluding carboxylic acids is 1. The van der Waals surface area contributed by atoms with E-state index in [-0.39, 0.29) is 18.0 Å². The Bertz CT molecular complexity index is 935. The predicted octanol–water partition coefficient (Wildman–Crippen LogP) is 4.25. The Balaban J connectivity index is 1.69. The van der Waals surface area contributed by atoms with Gasteiger partial charge in [-0.2, -0.15) is 18.2 Å². The number of carbonyl (C=O) groups is 1. The van der Waals surface area contributed by atoms with Crippen molar-refractivity contribution in [3.8, 4) is 11.4 Å². The highest BCUT2D eigenvalue weighted by Crippen LogP contribution is 2.30. The molecule has 0 spiro atoms. The highest BCUT2D eigenvalue weighted by molar-refractivity contribution is 5.91. The first kappa shape index (κ1) is 17.7. The fourth-order valence-electron chi connectivity index (χ4n) is 2.38. The van der Waals surface area contributed by atoms with Gasteiger partial charge in [-0.25, -0.2) is 0 Å². The Labute approximate surface area is 146 Å². The van der Waals surface area contributed by atoms with Crippen molar-refractivity contribution in [2.45, 2.75) is 19.5 Å². The molecular weight excluding hydrogens is 347 g/mol. The van der Waals surface area contributed by atoms with Crippen molar-refractivity contribution in [2.24, 2.45) is 0 Å². The number of hydrogen-bond donors (Lipinski definition) is 1. The molecular formula is C18H14F3N3O2. The minimum Gasteiger partial charge on any atom is -0.338 e. The number of anilines is 1. The highest BCUT2D eigenvalue weighted by Gasteiger charge is 2.30. The zero-order valence-electron chi connectivity index (χ0n) is 13.7.